The summed E-state index contributed by atoms with van der Waals surface area (Å²) in [5.74, 6) is -1.03. The van der Waals surface area contributed by atoms with E-state index in [9.17, 15) is 4.79 Å². The average molecular weight is 154 g/mol. The largest absolute Gasteiger partial charge is 1.00 e. The van der Waals surface area contributed by atoms with Crippen molar-refractivity contribution in [3.63, 3.8) is 0 Å². The first-order chi connectivity index (χ1) is 3.80. The zero-order valence-corrected chi connectivity index (χ0v) is 7.55. The molecule has 0 unspecified atom stereocenters. The number of aromatic carboxylic acids is 1. The molecule has 0 saturated heterocycles. The Morgan fingerprint density at radius 2 is 2.56 bits per heavy atom. The quantitative estimate of drug-likeness (QED) is 0.449. The summed E-state index contributed by atoms with van der Waals surface area (Å²) in [4.78, 5) is 9.97. The topological polar surface area (TPSA) is 63.1 Å². The maximum absolute atomic E-state index is 9.97. The molecule has 1 heterocycles. The van der Waals surface area contributed by atoms with E-state index >= 15 is 0 Å². The molecule has 0 saturated carbocycles. The van der Waals surface area contributed by atoms with Crippen molar-refractivity contribution in [2.75, 3.05) is 0 Å². The fourth-order valence-corrected chi connectivity index (χ4v) is 0.688. The predicted octanol–water partition coefficient (Wildman–Crippen LogP) is -2.65. The summed E-state index contributed by atoms with van der Waals surface area (Å²) in [7, 11) is 0. The molecule has 0 aliphatic heterocycles. The molecule has 44 valence electrons. The van der Waals surface area contributed by atoms with Crippen LogP contribution in [0.4, 0.5) is 0 Å². The fraction of sp³-hybridized carbons (Fsp3) is 0. The smallest absolute Gasteiger partial charge is 1.00 e. The van der Waals surface area contributed by atoms with Gasteiger partial charge in [0.05, 0.1) is 0 Å². The molecule has 6 heteroatoms. The summed E-state index contributed by atoms with van der Waals surface area (Å²) in [6, 6.07) is 0. The Kier molecular flexibility index (Phi) is 3.96. The van der Waals surface area contributed by atoms with Gasteiger partial charge < -0.3 is 6.53 Å². The Hall–Kier alpha value is 0.0300. The average Bonchev–Trinajstić information content (AvgIpc) is 2.12. The zero-order chi connectivity index (χ0) is 5.98. The molecular formula is C3H3N2NaO2S. The van der Waals surface area contributed by atoms with Gasteiger partial charge in [-0.1, -0.05) is 4.49 Å². The van der Waals surface area contributed by atoms with E-state index in [1.807, 2.05) is 0 Å². The summed E-state index contributed by atoms with van der Waals surface area (Å²) in [5, 5.41) is 12.8. The number of rotatable bonds is 1. The summed E-state index contributed by atoms with van der Waals surface area (Å²) < 4.78 is 3.35. The molecule has 0 aliphatic carbocycles. The third kappa shape index (κ3) is 2.40. The van der Waals surface area contributed by atoms with Crippen molar-refractivity contribution in [2.45, 2.75) is 0 Å². The minimum absolute atomic E-state index is 0. The second-order valence-corrected chi connectivity index (χ2v) is 1.71. The van der Waals surface area contributed by atoms with Gasteiger partial charge in [0.1, 0.15) is 0 Å². The molecule has 0 aliphatic rings. The minimum Gasteiger partial charge on any atom is -1.00 e. The molecule has 0 bridgehead atoms. The van der Waals surface area contributed by atoms with Crippen LogP contribution in [0.1, 0.15) is 11.9 Å². The Morgan fingerprint density at radius 3 is 2.78 bits per heavy atom. The zero-order valence-electron chi connectivity index (χ0n) is 5.74. The fourth-order valence-electron chi connectivity index (χ4n) is 0.258. The van der Waals surface area contributed by atoms with Crippen molar-refractivity contribution < 1.29 is 40.9 Å². The van der Waals surface area contributed by atoms with Gasteiger partial charge in [-0.3, -0.25) is 0 Å². The molecule has 0 fully saturated rings. The molecule has 0 radical (unpaired) electrons. The molecule has 1 aromatic heterocycles. The van der Waals surface area contributed by atoms with Crippen molar-refractivity contribution in [3.05, 3.63) is 11.1 Å². The summed E-state index contributed by atoms with van der Waals surface area (Å²) in [5.41, 5.74) is 0.00926. The molecule has 0 atom stereocenters. The van der Waals surface area contributed by atoms with Gasteiger partial charge in [0.25, 0.3) is 0 Å². The van der Waals surface area contributed by atoms with Gasteiger partial charge in [-0.05, 0) is 11.5 Å². The van der Waals surface area contributed by atoms with Crippen molar-refractivity contribution in [1.29, 1.82) is 0 Å². The monoisotopic (exact) mass is 154 g/mol. The third-order valence-electron chi connectivity index (χ3n) is 0.579. The molecule has 4 nitrogen and oxygen atoms in total. The molecule has 9 heavy (non-hydrogen) atoms. The van der Waals surface area contributed by atoms with Crippen molar-refractivity contribution in [3.8, 4) is 0 Å². The van der Waals surface area contributed by atoms with Crippen molar-refractivity contribution >= 4 is 17.5 Å². The van der Waals surface area contributed by atoms with E-state index in [4.69, 9.17) is 5.11 Å². The second kappa shape index (κ2) is 3.94. The van der Waals surface area contributed by atoms with E-state index in [1.165, 1.54) is 5.38 Å². The van der Waals surface area contributed by atoms with Crippen LogP contribution < -0.4 is 29.6 Å². The van der Waals surface area contributed by atoms with Crippen molar-refractivity contribution in [2.24, 2.45) is 0 Å². The van der Waals surface area contributed by atoms with Crippen LogP contribution in [0.3, 0.4) is 0 Å². The maximum Gasteiger partial charge on any atom is 1.00 e. The van der Waals surface area contributed by atoms with E-state index in [-0.39, 0.29) is 36.7 Å². The van der Waals surface area contributed by atoms with Crippen LogP contribution in [0.15, 0.2) is 5.38 Å². The van der Waals surface area contributed by atoms with Gasteiger partial charge in [-0.25, -0.2) is 4.79 Å². The van der Waals surface area contributed by atoms with E-state index < -0.39 is 5.97 Å². The van der Waals surface area contributed by atoms with Crippen LogP contribution in [0.25, 0.3) is 0 Å². The number of hydrogen-bond acceptors (Lipinski definition) is 4. The number of hydrogen-bond donors (Lipinski definition) is 1. The Balaban J connectivity index is 0. The molecule has 0 aromatic carbocycles. The van der Waals surface area contributed by atoms with Gasteiger partial charge in [0, 0.05) is 5.38 Å². The second-order valence-electron chi connectivity index (χ2n) is 1.10. The normalized spacial score (nSPS) is 8.00. The summed E-state index contributed by atoms with van der Waals surface area (Å²) in [6.07, 6.45) is 0. The number of carboxylic acid groups (broad SMARTS) is 1. The van der Waals surface area contributed by atoms with E-state index in [0.29, 0.717) is 0 Å². The molecule has 1 N–H and O–H groups in total. The first-order valence-electron chi connectivity index (χ1n) is 1.81. The molecule has 0 spiro atoms. The predicted molar refractivity (Wildman–Crippen MR) is 28.0 cm³/mol. The van der Waals surface area contributed by atoms with Crippen LogP contribution in [0, 0.1) is 0 Å². The van der Waals surface area contributed by atoms with E-state index in [2.05, 4.69) is 9.59 Å². The Morgan fingerprint density at radius 1 is 1.89 bits per heavy atom. The van der Waals surface area contributed by atoms with Crippen molar-refractivity contribution in [1.82, 2.24) is 9.59 Å². The molecule has 0 amide bonds. The third-order valence-corrected chi connectivity index (χ3v) is 1.08. The standard InChI is InChI=1S/C3H2N2O2S.Na.H/c6-3(7)2-1-8-5-4-2;;/h1H,(H,6,7);;/q;+1;-1. The first kappa shape index (κ1) is 9.03. The summed E-state index contributed by atoms with van der Waals surface area (Å²) in [6.45, 7) is 0. The maximum atomic E-state index is 9.97. The first-order valence-corrected chi connectivity index (χ1v) is 2.64. The molecule has 1 rings (SSSR count). The van der Waals surface area contributed by atoms with Gasteiger partial charge in [0.15, 0.2) is 5.69 Å². The van der Waals surface area contributed by atoms with Crippen LogP contribution in [0.2, 0.25) is 0 Å². The molecule has 1 aromatic rings. The van der Waals surface area contributed by atoms with Crippen LogP contribution in [-0.2, 0) is 0 Å². The van der Waals surface area contributed by atoms with Gasteiger partial charge in [0.2, 0.25) is 0 Å². The molecular weight excluding hydrogens is 151 g/mol. The number of carbonyl (C=O) groups is 1. The van der Waals surface area contributed by atoms with E-state index in [1.54, 1.807) is 0 Å². The minimum atomic E-state index is -1.03. The van der Waals surface area contributed by atoms with Gasteiger partial charge in [-0.2, -0.15) is 0 Å². The Bertz CT molecular complexity index is 192. The number of carboxylic acids is 1. The van der Waals surface area contributed by atoms with Crippen LogP contribution >= 0.6 is 11.5 Å². The Labute approximate surface area is 78.8 Å². The van der Waals surface area contributed by atoms with E-state index in [0.717, 1.165) is 11.5 Å². The number of nitrogens with zero attached hydrogens (tertiary/aromatic N) is 2. The van der Waals surface area contributed by atoms with Crippen LogP contribution in [0.5, 0.6) is 0 Å². The van der Waals surface area contributed by atoms with Gasteiger partial charge in [-0.15, -0.1) is 5.10 Å². The van der Waals surface area contributed by atoms with Gasteiger partial charge >= 0.3 is 35.5 Å². The summed E-state index contributed by atoms with van der Waals surface area (Å²) >= 11 is 1.03. The SMILES string of the molecule is O=C(O)c1csnn1.[H-].[Na+]. The van der Waals surface area contributed by atoms with Crippen LogP contribution in [-0.4, -0.2) is 20.7 Å². The number of aromatic nitrogens is 2.